The Morgan fingerprint density at radius 3 is 2.49 bits per heavy atom. The molecule has 1 saturated carbocycles. The Balaban J connectivity index is 1.22. The van der Waals surface area contributed by atoms with Gasteiger partial charge in [-0.15, -0.1) is 0 Å². The van der Waals surface area contributed by atoms with E-state index in [4.69, 9.17) is 4.74 Å². The van der Waals surface area contributed by atoms with E-state index in [2.05, 4.69) is 69.7 Å². The molecule has 4 heterocycles. The Bertz CT molecular complexity index is 1180. The van der Waals surface area contributed by atoms with Crippen molar-refractivity contribution in [2.75, 3.05) is 50.8 Å². The molecule has 6 rings (SSSR count). The lowest BCUT2D eigenvalue weighted by atomic mass is 9.84. The van der Waals surface area contributed by atoms with Gasteiger partial charge in [0.2, 0.25) is 5.91 Å². The van der Waals surface area contributed by atoms with E-state index in [1.54, 1.807) is 0 Å². The van der Waals surface area contributed by atoms with Crippen molar-refractivity contribution in [3.05, 3.63) is 54.4 Å². The van der Waals surface area contributed by atoms with Gasteiger partial charge in [-0.1, -0.05) is 24.3 Å². The smallest absolute Gasteiger partial charge is 0.225 e. The summed E-state index contributed by atoms with van der Waals surface area (Å²) in [5.41, 5.74) is 5.73. The molecular formula is C28H35N5O2. The molecule has 0 atom stereocenters. The zero-order valence-electron chi connectivity index (χ0n) is 20.6. The molecule has 0 spiro atoms. The largest absolute Gasteiger partial charge is 0.370 e. The Morgan fingerprint density at radius 1 is 1.06 bits per heavy atom. The zero-order valence-corrected chi connectivity index (χ0v) is 20.6. The van der Waals surface area contributed by atoms with E-state index in [1.807, 2.05) is 10.7 Å². The number of ether oxygens (including phenoxy) is 1. The zero-order chi connectivity index (χ0) is 23.8. The number of nitrogens with one attached hydrogen (secondary N) is 1. The molecule has 3 aliphatic rings. The maximum absolute atomic E-state index is 12.4. The molecule has 0 radical (unpaired) electrons. The van der Waals surface area contributed by atoms with Gasteiger partial charge in [-0.05, 0) is 69.0 Å². The van der Waals surface area contributed by atoms with Crippen molar-refractivity contribution in [3.8, 4) is 11.1 Å². The van der Waals surface area contributed by atoms with Crippen LogP contribution in [-0.2, 0) is 15.1 Å². The molecule has 2 aliphatic heterocycles. The third kappa shape index (κ3) is 4.32. The summed E-state index contributed by atoms with van der Waals surface area (Å²) in [6, 6.07) is 13.3. The molecule has 0 bridgehead atoms. The van der Waals surface area contributed by atoms with Gasteiger partial charge < -0.3 is 19.9 Å². The highest BCUT2D eigenvalue weighted by atomic mass is 16.5. The first-order chi connectivity index (χ1) is 17.2. The molecule has 7 heteroatoms. The third-order valence-corrected chi connectivity index (χ3v) is 7.92. The van der Waals surface area contributed by atoms with E-state index in [0.717, 1.165) is 82.6 Å². The number of carbonyl (C=O) groups excluding carboxylic acids is 1. The second kappa shape index (κ2) is 9.28. The first kappa shape index (κ1) is 22.6. The lowest BCUT2D eigenvalue weighted by Gasteiger charge is -2.38. The fraction of sp³-hybridized carbons (Fsp3) is 0.500. The minimum Gasteiger partial charge on any atom is -0.370 e. The van der Waals surface area contributed by atoms with Crippen LogP contribution in [0.1, 0.15) is 38.2 Å². The fourth-order valence-corrected chi connectivity index (χ4v) is 5.77. The number of piperidine rings is 1. The molecule has 3 aromatic rings. The van der Waals surface area contributed by atoms with E-state index < -0.39 is 0 Å². The van der Waals surface area contributed by atoms with Crippen LogP contribution in [0.4, 0.5) is 5.69 Å². The van der Waals surface area contributed by atoms with Crippen LogP contribution in [0, 0.1) is 5.92 Å². The van der Waals surface area contributed by atoms with Crippen molar-refractivity contribution in [1.82, 2.24) is 19.8 Å². The number of carbonyl (C=O) groups is 1. The van der Waals surface area contributed by atoms with Gasteiger partial charge in [0.25, 0.3) is 0 Å². The first-order valence-corrected chi connectivity index (χ1v) is 13.1. The molecular weight excluding hydrogens is 438 g/mol. The fourth-order valence-electron chi connectivity index (χ4n) is 5.77. The van der Waals surface area contributed by atoms with Gasteiger partial charge in [0, 0.05) is 56.7 Å². The topological polar surface area (TPSA) is 62.1 Å². The second-order valence-electron chi connectivity index (χ2n) is 10.1. The van der Waals surface area contributed by atoms with Crippen LogP contribution in [-0.4, -0.2) is 66.3 Å². The van der Waals surface area contributed by atoms with Crippen LogP contribution in [0.5, 0.6) is 0 Å². The Hall–Kier alpha value is -2.90. The average Bonchev–Trinajstić information content (AvgIpc) is 3.67. The highest BCUT2D eigenvalue weighted by molar-refractivity contribution is 5.82. The lowest BCUT2D eigenvalue weighted by molar-refractivity contribution is -0.132. The van der Waals surface area contributed by atoms with Crippen LogP contribution in [0.2, 0.25) is 0 Å². The van der Waals surface area contributed by atoms with Gasteiger partial charge in [0.1, 0.15) is 0 Å². The summed E-state index contributed by atoms with van der Waals surface area (Å²) in [7, 11) is 0. The molecule has 2 saturated heterocycles. The van der Waals surface area contributed by atoms with Crippen molar-refractivity contribution in [3.63, 3.8) is 0 Å². The SMILES string of the molecule is CCOC1(c2ccc(-c3cc4c(N5CCN(C(=O)C6CC6)CC5)ccnn4c3)cc2)CCNCC1. The summed E-state index contributed by atoms with van der Waals surface area (Å²) in [6.07, 6.45) is 8.14. The normalized spacial score (nSPS) is 20.4. The average molecular weight is 474 g/mol. The third-order valence-electron chi connectivity index (χ3n) is 7.92. The number of aromatic nitrogens is 2. The number of anilines is 1. The van der Waals surface area contributed by atoms with Crippen LogP contribution >= 0.6 is 0 Å². The summed E-state index contributed by atoms with van der Waals surface area (Å²) in [5.74, 6) is 0.653. The highest BCUT2D eigenvalue weighted by Crippen LogP contribution is 2.37. The maximum atomic E-state index is 12.4. The molecule has 3 fully saturated rings. The predicted molar refractivity (Wildman–Crippen MR) is 138 cm³/mol. The molecule has 7 nitrogen and oxygen atoms in total. The molecule has 184 valence electrons. The summed E-state index contributed by atoms with van der Waals surface area (Å²) in [4.78, 5) is 16.9. The van der Waals surface area contributed by atoms with Gasteiger partial charge in [-0.2, -0.15) is 5.10 Å². The van der Waals surface area contributed by atoms with Crippen LogP contribution < -0.4 is 10.2 Å². The van der Waals surface area contributed by atoms with Crippen molar-refractivity contribution in [1.29, 1.82) is 0 Å². The number of hydrogen-bond donors (Lipinski definition) is 1. The van der Waals surface area contributed by atoms with Crippen LogP contribution in [0.25, 0.3) is 16.6 Å². The van der Waals surface area contributed by atoms with E-state index in [1.165, 1.54) is 16.8 Å². The minimum atomic E-state index is -0.179. The van der Waals surface area contributed by atoms with Crippen molar-refractivity contribution in [2.24, 2.45) is 5.92 Å². The summed E-state index contributed by atoms with van der Waals surface area (Å²) < 4.78 is 8.27. The predicted octanol–water partition coefficient (Wildman–Crippen LogP) is 3.68. The molecule has 1 aliphatic carbocycles. The Labute approximate surface area is 207 Å². The van der Waals surface area contributed by atoms with Gasteiger partial charge >= 0.3 is 0 Å². The molecule has 1 N–H and O–H groups in total. The van der Waals surface area contributed by atoms with Gasteiger partial charge in [-0.25, -0.2) is 4.52 Å². The number of nitrogens with zero attached hydrogens (tertiary/aromatic N) is 4. The second-order valence-corrected chi connectivity index (χ2v) is 10.1. The van der Waals surface area contributed by atoms with Crippen LogP contribution in [0.15, 0.2) is 48.8 Å². The monoisotopic (exact) mass is 473 g/mol. The van der Waals surface area contributed by atoms with Crippen molar-refractivity contribution in [2.45, 2.75) is 38.2 Å². The van der Waals surface area contributed by atoms with Crippen molar-refractivity contribution < 1.29 is 9.53 Å². The number of rotatable bonds is 6. The number of piperazine rings is 1. The molecule has 1 amide bonds. The summed E-state index contributed by atoms with van der Waals surface area (Å²) in [5, 5.41) is 8.04. The number of hydrogen-bond acceptors (Lipinski definition) is 5. The maximum Gasteiger partial charge on any atom is 0.225 e. The lowest BCUT2D eigenvalue weighted by Crippen LogP contribution is -2.49. The molecule has 1 aromatic carbocycles. The number of fused-ring (bicyclic) bond motifs is 1. The van der Waals surface area contributed by atoms with E-state index in [0.29, 0.717) is 11.8 Å². The van der Waals surface area contributed by atoms with Crippen molar-refractivity contribution >= 4 is 17.1 Å². The summed E-state index contributed by atoms with van der Waals surface area (Å²) >= 11 is 0. The quantitative estimate of drug-likeness (QED) is 0.592. The number of amides is 1. The minimum absolute atomic E-state index is 0.179. The first-order valence-electron chi connectivity index (χ1n) is 13.1. The molecule has 0 unspecified atom stereocenters. The standard InChI is InChI=1S/C28H35N5O2/c1-2-35-28(10-13-29-14-11-28)24-7-5-21(6-8-24)23-19-26-25(9-12-30-33(26)20-23)31-15-17-32(18-16-31)27(34)22-3-4-22/h5-9,12,19-20,22,29H,2-4,10-11,13-18H2,1H3. The van der Waals surface area contributed by atoms with Crippen LogP contribution in [0.3, 0.4) is 0 Å². The Kier molecular flexibility index (Phi) is 5.98. The van der Waals surface area contributed by atoms with E-state index in [9.17, 15) is 4.79 Å². The highest BCUT2D eigenvalue weighted by Gasteiger charge is 2.35. The Morgan fingerprint density at radius 2 is 1.80 bits per heavy atom. The summed E-state index contributed by atoms with van der Waals surface area (Å²) in [6.45, 7) is 8.12. The van der Waals surface area contributed by atoms with E-state index >= 15 is 0 Å². The molecule has 35 heavy (non-hydrogen) atoms. The van der Waals surface area contributed by atoms with Gasteiger partial charge in [0.15, 0.2) is 0 Å². The van der Waals surface area contributed by atoms with E-state index in [-0.39, 0.29) is 5.60 Å². The molecule has 2 aromatic heterocycles. The van der Waals surface area contributed by atoms with Gasteiger partial charge in [-0.3, -0.25) is 4.79 Å². The van der Waals surface area contributed by atoms with Gasteiger partial charge in [0.05, 0.1) is 16.8 Å². The number of benzene rings is 1.